The highest BCUT2D eigenvalue weighted by Gasteiger charge is 2.17. The molecule has 0 aliphatic carbocycles. The minimum Gasteiger partial charge on any atom is -0.475 e. The molecular weight excluding hydrogens is 236 g/mol. The number of nitrogens with two attached hydrogens (primary N) is 1. The van der Waals surface area contributed by atoms with Crippen molar-refractivity contribution in [2.24, 2.45) is 11.7 Å². The van der Waals surface area contributed by atoms with Crippen LogP contribution < -0.4 is 5.73 Å². The molecule has 0 bridgehead atoms. The maximum absolute atomic E-state index is 10.5. The molecule has 0 saturated heterocycles. The Hall–Kier alpha value is -2.24. The number of carbonyl (C=O) groups is 3. The van der Waals surface area contributed by atoms with Gasteiger partial charge in [0.1, 0.15) is 0 Å². The Kier molecular flexibility index (Phi) is 6.95. The Morgan fingerprint density at radius 2 is 2.06 bits per heavy atom. The van der Waals surface area contributed by atoms with Crippen LogP contribution in [0.3, 0.4) is 0 Å². The van der Waals surface area contributed by atoms with Gasteiger partial charge in [0.15, 0.2) is 0 Å². The molecule has 1 heterocycles. The van der Waals surface area contributed by atoms with Crippen LogP contribution in [0, 0.1) is 5.92 Å². The summed E-state index contributed by atoms with van der Waals surface area (Å²) in [5.41, 5.74) is 5.38. The summed E-state index contributed by atoms with van der Waals surface area (Å²) in [5, 5.41) is 8.13. The Labute approximate surface area is 105 Å². The first-order chi connectivity index (χ1) is 8.40. The zero-order valence-corrected chi connectivity index (χ0v) is 10.3. The zero-order chi connectivity index (χ0) is 14.1. The largest absolute Gasteiger partial charge is 0.475 e. The molecule has 1 rings (SSSR count). The third-order valence-corrected chi connectivity index (χ3v) is 2.22. The number of pyridine rings is 1. The van der Waals surface area contributed by atoms with Crippen LogP contribution in [0.1, 0.15) is 30.6 Å². The van der Waals surface area contributed by atoms with Gasteiger partial charge < -0.3 is 10.8 Å². The van der Waals surface area contributed by atoms with Crippen LogP contribution >= 0.6 is 0 Å². The van der Waals surface area contributed by atoms with Gasteiger partial charge in [0.25, 0.3) is 0 Å². The number of primary amides is 1. The van der Waals surface area contributed by atoms with E-state index in [1.165, 1.54) is 6.20 Å². The third kappa shape index (κ3) is 5.74. The molecule has 0 saturated carbocycles. The van der Waals surface area contributed by atoms with Crippen LogP contribution in [0.2, 0.25) is 0 Å². The number of carboxylic acid groups (broad SMARTS) is 1. The van der Waals surface area contributed by atoms with Crippen LogP contribution in [0.5, 0.6) is 0 Å². The first-order valence-electron chi connectivity index (χ1n) is 5.37. The lowest BCUT2D eigenvalue weighted by Gasteiger charge is -1.99. The van der Waals surface area contributed by atoms with Gasteiger partial charge in [-0.05, 0) is 18.6 Å². The molecule has 0 spiro atoms. The molecule has 0 aliphatic heterocycles. The van der Waals surface area contributed by atoms with Crippen molar-refractivity contribution in [3.05, 3.63) is 30.1 Å². The van der Waals surface area contributed by atoms with Crippen molar-refractivity contribution in [2.45, 2.75) is 20.3 Å². The number of aromatic nitrogens is 1. The van der Waals surface area contributed by atoms with Crippen molar-refractivity contribution in [1.82, 2.24) is 4.98 Å². The highest BCUT2D eigenvalue weighted by Crippen LogP contribution is 2.00. The summed E-state index contributed by atoms with van der Waals surface area (Å²) in [6.45, 7) is 3.39. The number of ketones is 1. The Balaban J connectivity index is 0.000000321. The van der Waals surface area contributed by atoms with Gasteiger partial charge in [-0.25, -0.2) is 4.79 Å². The second-order valence-electron chi connectivity index (χ2n) is 3.58. The minimum absolute atomic E-state index is 0.345. The number of hydrogen-bond acceptors (Lipinski definition) is 4. The number of carboxylic acids is 1. The van der Waals surface area contributed by atoms with Gasteiger partial charge in [0.2, 0.25) is 11.7 Å². The second kappa shape index (κ2) is 7.94. The molecule has 0 aliphatic rings. The molecule has 6 nitrogen and oxygen atoms in total. The Bertz CT molecular complexity index is 417. The predicted octanol–water partition coefficient (Wildman–Crippen LogP) is 0.867. The topological polar surface area (TPSA) is 110 Å². The molecule has 0 fully saturated rings. The molecule has 18 heavy (non-hydrogen) atoms. The van der Waals surface area contributed by atoms with E-state index in [-0.39, 0.29) is 5.92 Å². The summed E-state index contributed by atoms with van der Waals surface area (Å²) in [6, 6.07) is 3.29. The number of rotatable bonds is 4. The van der Waals surface area contributed by atoms with E-state index in [1.54, 1.807) is 32.2 Å². The number of amides is 1. The fraction of sp³-hybridized carbons (Fsp3) is 0.333. The molecule has 1 aromatic rings. The summed E-state index contributed by atoms with van der Waals surface area (Å²) < 4.78 is 0. The lowest BCUT2D eigenvalue weighted by atomic mass is 10.0. The smallest absolute Gasteiger partial charge is 0.372 e. The SMILES string of the molecule is CCC(C)C(=O)C(=O)O.NC(=O)c1cccnc1. The van der Waals surface area contributed by atoms with Gasteiger partial charge >= 0.3 is 5.97 Å². The monoisotopic (exact) mass is 252 g/mol. The lowest BCUT2D eigenvalue weighted by Crippen LogP contribution is -2.19. The number of aliphatic carboxylic acids is 1. The van der Waals surface area contributed by atoms with Gasteiger partial charge in [-0.15, -0.1) is 0 Å². The van der Waals surface area contributed by atoms with Crippen LogP contribution in [0.15, 0.2) is 24.5 Å². The maximum atomic E-state index is 10.5. The van der Waals surface area contributed by atoms with Gasteiger partial charge in [-0.2, -0.15) is 0 Å². The third-order valence-electron chi connectivity index (χ3n) is 2.22. The number of hydrogen-bond donors (Lipinski definition) is 2. The summed E-state index contributed by atoms with van der Waals surface area (Å²) in [5.74, 6) is -2.81. The normalized spacial score (nSPS) is 10.8. The van der Waals surface area contributed by atoms with Crippen molar-refractivity contribution in [1.29, 1.82) is 0 Å². The minimum atomic E-state index is -1.33. The van der Waals surface area contributed by atoms with Crippen LogP contribution in [-0.4, -0.2) is 27.8 Å². The Morgan fingerprint density at radius 3 is 2.28 bits per heavy atom. The fourth-order valence-corrected chi connectivity index (χ4v) is 0.905. The number of Topliss-reactive ketones (excluding diaryl/α,β-unsaturated/α-hetero) is 1. The highest BCUT2D eigenvalue weighted by atomic mass is 16.4. The maximum Gasteiger partial charge on any atom is 0.372 e. The van der Waals surface area contributed by atoms with Crippen LogP contribution in [0.4, 0.5) is 0 Å². The number of carbonyl (C=O) groups excluding carboxylic acids is 2. The summed E-state index contributed by atoms with van der Waals surface area (Å²) in [6.07, 6.45) is 3.61. The predicted molar refractivity (Wildman–Crippen MR) is 64.9 cm³/mol. The molecule has 0 radical (unpaired) electrons. The summed E-state index contributed by atoms with van der Waals surface area (Å²) in [4.78, 5) is 34.5. The van der Waals surface area contributed by atoms with Crippen LogP contribution in [-0.2, 0) is 9.59 Å². The molecule has 3 N–H and O–H groups in total. The summed E-state index contributed by atoms with van der Waals surface area (Å²) in [7, 11) is 0. The molecule has 1 unspecified atom stereocenters. The van der Waals surface area contributed by atoms with E-state index in [0.717, 1.165) is 0 Å². The summed E-state index contributed by atoms with van der Waals surface area (Å²) >= 11 is 0. The molecular formula is C12H16N2O4. The zero-order valence-electron chi connectivity index (χ0n) is 10.3. The first-order valence-corrected chi connectivity index (χ1v) is 5.37. The highest BCUT2D eigenvalue weighted by molar-refractivity contribution is 6.33. The van der Waals surface area contributed by atoms with Crippen molar-refractivity contribution < 1.29 is 19.5 Å². The van der Waals surface area contributed by atoms with E-state index in [9.17, 15) is 14.4 Å². The van der Waals surface area contributed by atoms with Crippen molar-refractivity contribution in [3.8, 4) is 0 Å². The molecule has 0 aromatic carbocycles. The van der Waals surface area contributed by atoms with E-state index in [0.29, 0.717) is 12.0 Å². The average Bonchev–Trinajstić information content (AvgIpc) is 2.38. The van der Waals surface area contributed by atoms with E-state index < -0.39 is 17.7 Å². The first kappa shape index (κ1) is 15.8. The molecule has 6 heteroatoms. The van der Waals surface area contributed by atoms with E-state index >= 15 is 0 Å². The second-order valence-corrected chi connectivity index (χ2v) is 3.58. The molecule has 1 atom stereocenters. The molecule has 1 amide bonds. The molecule has 1 aromatic heterocycles. The average molecular weight is 252 g/mol. The number of nitrogens with zero attached hydrogens (tertiary/aromatic N) is 1. The van der Waals surface area contributed by atoms with E-state index in [4.69, 9.17) is 10.8 Å². The van der Waals surface area contributed by atoms with Crippen molar-refractivity contribution in [3.63, 3.8) is 0 Å². The van der Waals surface area contributed by atoms with Gasteiger partial charge in [0, 0.05) is 18.3 Å². The van der Waals surface area contributed by atoms with Gasteiger partial charge in [-0.3, -0.25) is 14.6 Å². The fourth-order valence-electron chi connectivity index (χ4n) is 0.905. The van der Waals surface area contributed by atoms with Crippen molar-refractivity contribution >= 4 is 17.7 Å². The van der Waals surface area contributed by atoms with E-state index in [2.05, 4.69) is 4.98 Å². The van der Waals surface area contributed by atoms with Gasteiger partial charge in [-0.1, -0.05) is 13.8 Å². The lowest BCUT2D eigenvalue weighted by molar-refractivity contribution is -0.150. The quantitative estimate of drug-likeness (QED) is 0.772. The Morgan fingerprint density at radius 1 is 1.44 bits per heavy atom. The standard InChI is InChI=1S/C6H6N2O.C6H10O3/c7-6(9)5-2-1-3-8-4-5;1-3-4(2)5(7)6(8)9/h1-4H,(H2,7,9);4H,3H2,1-2H3,(H,8,9). The van der Waals surface area contributed by atoms with Crippen molar-refractivity contribution in [2.75, 3.05) is 0 Å². The van der Waals surface area contributed by atoms with Crippen LogP contribution in [0.25, 0.3) is 0 Å². The van der Waals surface area contributed by atoms with Gasteiger partial charge in [0.05, 0.1) is 5.56 Å². The van der Waals surface area contributed by atoms with E-state index in [1.807, 2.05) is 0 Å². The molecule has 98 valence electrons.